The maximum atomic E-state index is 14.5. The number of esters is 2. The Morgan fingerprint density at radius 1 is 1.00 bits per heavy atom. The number of hydrogen-bond donors (Lipinski definition) is 6. The standard InChI is InChI=1S/C34H45NO13/c1-8-15(38)35-21-13-9-14-24(46-14)26(41)30(13,5)19-16(22(21)39)18-23(40)20-17(33(18,11(3)36)27(42)25(19)45-12(4)37)10(2)28-34(47-28)31(20,6)32(7,44)29(43)48-34/h8,10,13-14,16-28,39-42,44H,1,9H2,2-7H3,(H,35,38)/t10-,13?,14-,16-,17-,18+,19+,20-,21-,22+,23+,24-,25-,26-,27-,28+,30-,31-,32+,33+,34-/m0/s1. The highest BCUT2D eigenvalue weighted by Gasteiger charge is 2.93. The van der Waals surface area contributed by atoms with Gasteiger partial charge in [-0.2, -0.15) is 0 Å². The highest BCUT2D eigenvalue weighted by molar-refractivity contribution is 5.88. The Labute approximate surface area is 277 Å². The molecule has 1 amide bonds. The number of carbonyl (C=O) groups excluding carboxylic acids is 4. The minimum absolute atomic E-state index is 0.332. The van der Waals surface area contributed by atoms with Crippen LogP contribution in [-0.4, -0.2) is 115 Å². The summed E-state index contributed by atoms with van der Waals surface area (Å²) in [6.45, 7) is 12.4. The van der Waals surface area contributed by atoms with Gasteiger partial charge < -0.3 is 49.8 Å². The Bertz CT molecular complexity index is 1530. The second-order valence-corrected chi connectivity index (χ2v) is 16.4. The van der Waals surface area contributed by atoms with Crippen LogP contribution in [0, 0.1) is 57.7 Å². The maximum Gasteiger partial charge on any atom is 0.341 e. The van der Waals surface area contributed by atoms with Crippen molar-refractivity contribution in [3.8, 4) is 0 Å². The number of nitrogens with one attached hydrogen (secondary N) is 1. The molecule has 8 fully saturated rings. The third-order valence-electron chi connectivity index (χ3n) is 15.1. The lowest BCUT2D eigenvalue weighted by Crippen LogP contribution is -2.77. The van der Waals surface area contributed by atoms with Crippen LogP contribution in [-0.2, 0) is 38.1 Å². The van der Waals surface area contributed by atoms with Crippen molar-refractivity contribution >= 4 is 23.6 Å². The molecule has 0 aromatic heterocycles. The fraction of sp³-hybridized carbons (Fsp3) is 0.824. The Morgan fingerprint density at radius 3 is 2.27 bits per heavy atom. The summed E-state index contributed by atoms with van der Waals surface area (Å²) in [6, 6.07) is -1.02. The van der Waals surface area contributed by atoms with Gasteiger partial charge >= 0.3 is 11.9 Å². The number of fused-ring (bicyclic) bond motifs is 9. The van der Waals surface area contributed by atoms with E-state index in [0.29, 0.717) is 6.42 Å². The molecule has 14 heteroatoms. The van der Waals surface area contributed by atoms with Crippen LogP contribution in [0.1, 0.15) is 48.0 Å². The fourth-order valence-corrected chi connectivity index (χ4v) is 13.1. The van der Waals surface area contributed by atoms with Crippen molar-refractivity contribution in [3.63, 3.8) is 0 Å². The fourth-order valence-electron chi connectivity index (χ4n) is 13.1. The molecule has 0 bridgehead atoms. The molecular formula is C34H45NO13. The predicted octanol–water partition coefficient (Wildman–Crippen LogP) is -1.42. The first-order valence-corrected chi connectivity index (χ1v) is 16.9. The molecule has 3 saturated heterocycles. The Hall–Kier alpha value is -2.46. The first-order valence-electron chi connectivity index (χ1n) is 16.9. The van der Waals surface area contributed by atoms with Crippen LogP contribution in [0.2, 0.25) is 0 Å². The molecule has 8 aliphatic rings. The Morgan fingerprint density at radius 2 is 1.67 bits per heavy atom. The van der Waals surface area contributed by atoms with Crippen molar-refractivity contribution < 1.29 is 63.7 Å². The molecule has 1 spiro atoms. The summed E-state index contributed by atoms with van der Waals surface area (Å²) in [5.74, 6) is -11.2. The van der Waals surface area contributed by atoms with Gasteiger partial charge in [0, 0.05) is 36.0 Å². The molecule has 6 N–H and O–H groups in total. The second kappa shape index (κ2) is 9.45. The average molecular weight is 676 g/mol. The number of amides is 1. The number of epoxide rings is 2. The molecule has 3 heterocycles. The summed E-state index contributed by atoms with van der Waals surface area (Å²) < 4.78 is 23.6. The van der Waals surface area contributed by atoms with E-state index in [2.05, 4.69) is 11.9 Å². The number of carbonyl (C=O) groups is 4. The Balaban J connectivity index is 1.39. The molecule has 1 unspecified atom stereocenters. The number of hydrogen-bond acceptors (Lipinski definition) is 13. The van der Waals surface area contributed by atoms with Crippen molar-refractivity contribution in [2.45, 2.75) is 114 Å². The zero-order valence-corrected chi connectivity index (χ0v) is 27.7. The average Bonchev–Trinajstić information content (AvgIpc) is 3.91. The van der Waals surface area contributed by atoms with E-state index in [1.54, 1.807) is 20.8 Å². The molecule has 21 atom stereocenters. The lowest BCUT2D eigenvalue weighted by atomic mass is 9.39. The number of ketones is 1. The summed E-state index contributed by atoms with van der Waals surface area (Å²) in [5, 5.41) is 64.7. The predicted molar refractivity (Wildman–Crippen MR) is 159 cm³/mol. The van der Waals surface area contributed by atoms with Crippen LogP contribution >= 0.6 is 0 Å². The molecule has 5 aliphatic carbocycles. The van der Waals surface area contributed by atoms with Gasteiger partial charge in [-0.25, -0.2) is 4.79 Å². The van der Waals surface area contributed by atoms with Gasteiger partial charge in [-0.15, -0.1) is 0 Å². The van der Waals surface area contributed by atoms with E-state index in [4.69, 9.17) is 18.9 Å². The lowest BCUT2D eigenvalue weighted by Gasteiger charge is -2.67. The largest absolute Gasteiger partial charge is 0.459 e. The van der Waals surface area contributed by atoms with Gasteiger partial charge in [0.05, 0.1) is 41.3 Å². The first-order chi connectivity index (χ1) is 22.3. The summed E-state index contributed by atoms with van der Waals surface area (Å²) in [4.78, 5) is 53.4. The van der Waals surface area contributed by atoms with Crippen molar-refractivity contribution in [3.05, 3.63) is 12.7 Å². The molecule has 5 saturated carbocycles. The smallest absolute Gasteiger partial charge is 0.341 e. The number of Topliss-reactive ketones (excluding diaryl/α,β-unsaturated/α-hetero) is 1. The van der Waals surface area contributed by atoms with Gasteiger partial charge in [0.15, 0.2) is 5.60 Å². The zero-order chi connectivity index (χ0) is 35.0. The minimum atomic E-state index is -2.18. The quantitative estimate of drug-likeness (QED) is 0.115. The van der Waals surface area contributed by atoms with E-state index < -0.39 is 141 Å². The summed E-state index contributed by atoms with van der Waals surface area (Å²) in [5.41, 5.74) is -6.98. The molecule has 14 nitrogen and oxygen atoms in total. The van der Waals surface area contributed by atoms with E-state index in [-0.39, 0.29) is 6.10 Å². The maximum absolute atomic E-state index is 14.5. The number of aliphatic hydroxyl groups excluding tert-OH is 4. The summed E-state index contributed by atoms with van der Waals surface area (Å²) in [6.07, 6.45) is -7.73. The minimum Gasteiger partial charge on any atom is -0.459 e. The van der Waals surface area contributed by atoms with Crippen LogP contribution in [0.15, 0.2) is 12.7 Å². The van der Waals surface area contributed by atoms with Gasteiger partial charge in [0.25, 0.3) is 0 Å². The number of ether oxygens (including phenoxy) is 4. The van der Waals surface area contributed by atoms with Crippen molar-refractivity contribution in [2.75, 3.05) is 0 Å². The van der Waals surface area contributed by atoms with E-state index in [1.807, 2.05) is 0 Å². The van der Waals surface area contributed by atoms with Crippen LogP contribution in [0.5, 0.6) is 0 Å². The van der Waals surface area contributed by atoms with Gasteiger partial charge in [-0.3, -0.25) is 14.4 Å². The molecule has 8 rings (SSSR count). The topological polar surface area (TPSA) is 225 Å². The third-order valence-corrected chi connectivity index (χ3v) is 15.1. The van der Waals surface area contributed by atoms with Crippen LogP contribution in [0.25, 0.3) is 0 Å². The van der Waals surface area contributed by atoms with E-state index in [9.17, 15) is 44.7 Å². The summed E-state index contributed by atoms with van der Waals surface area (Å²) >= 11 is 0. The number of aliphatic hydroxyl groups is 5. The van der Waals surface area contributed by atoms with Gasteiger partial charge in [0.2, 0.25) is 11.7 Å². The van der Waals surface area contributed by atoms with Crippen molar-refractivity contribution in [2.24, 2.45) is 57.7 Å². The van der Waals surface area contributed by atoms with E-state index in [0.717, 1.165) is 6.08 Å². The van der Waals surface area contributed by atoms with Crippen LogP contribution in [0.3, 0.4) is 0 Å². The van der Waals surface area contributed by atoms with E-state index in [1.165, 1.54) is 20.8 Å². The molecule has 48 heavy (non-hydrogen) atoms. The van der Waals surface area contributed by atoms with Crippen LogP contribution in [0.4, 0.5) is 0 Å². The third kappa shape index (κ3) is 3.26. The van der Waals surface area contributed by atoms with Crippen molar-refractivity contribution in [1.82, 2.24) is 5.32 Å². The molecule has 0 aromatic rings. The molecular weight excluding hydrogens is 630 g/mol. The molecule has 264 valence electrons. The first kappa shape index (κ1) is 32.7. The number of rotatable bonds is 4. The van der Waals surface area contributed by atoms with Gasteiger partial charge in [0.1, 0.15) is 30.2 Å². The van der Waals surface area contributed by atoms with E-state index >= 15 is 0 Å². The zero-order valence-electron chi connectivity index (χ0n) is 27.7. The van der Waals surface area contributed by atoms with Crippen LogP contribution < -0.4 is 5.32 Å². The SMILES string of the molecule is C=CC(=O)N[C@H]1C2C[C@@H]3O[C@@H]3[C@H](O)[C@]2(C)[C@H]2[C@H](OC(C)=O)[C@H](O)[C@@]3(C(C)=O)[C@@H]([C@@H](O)[C@@H]4[C@@H]3[C@H](C)[C@H]3O[C@]35OC(=O)[C@@](C)(O)[C@]45C)[C@@H]2[C@H]1O. The molecule has 0 radical (unpaired) electrons. The second-order valence-electron chi connectivity index (χ2n) is 16.4. The highest BCUT2D eigenvalue weighted by atomic mass is 16.8. The highest BCUT2D eigenvalue weighted by Crippen LogP contribution is 2.80. The molecule has 3 aliphatic heterocycles. The van der Waals surface area contributed by atoms with Gasteiger partial charge in [-0.05, 0) is 51.0 Å². The van der Waals surface area contributed by atoms with Crippen molar-refractivity contribution in [1.29, 1.82) is 0 Å². The summed E-state index contributed by atoms with van der Waals surface area (Å²) in [7, 11) is 0. The monoisotopic (exact) mass is 675 g/mol. The Kier molecular flexibility index (Phi) is 6.44. The normalized spacial score (nSPS) is 61.1. The lowest BCUT2D eigenvalue weighted by molar-refractivity contribution is -0.279. The molecule has 0 aromatic carbocycles. The van der Waals surface area contributed by atoms with Gasteiger partial charge in [-0.1, -0.05) is 20.4 Å².